The van der Waals surface area contributed by atoms with E-state index >= 15 is 0 Å². The molecule has 164 valence electrons. The Morgan fingerprint density at radius 2 is 1.84 bits per heavy atom. The van der Waals surface area contributed by atoms with Gasteiger partial charge in [-0.25, -0.2) is 13.2 Å². The molecule has 0 spiro atoms. The van der Waals surface area contributed by atoms with Crippen molar-refractivity contribution >= 4 is 27.6 Å². The maximum atomic E-state index is 13.1. The van der Waals surface area contributed by atoms with Crippen LogP contribution in [-0.2, 0) is 21.4 Å². The van der Waals surface area contributed by atoms with Gasteiger partial charge in [0, 0.05) is 32.7 Å². The van der Waals surface area contributed by atoms with Crippen molar-refractivity contribution in [3.05, 3.63) is 54.1 Å². The van der Waals surface area contributed by atoms with Crippen molar-refractivity contribution < 1.29 is 22.7 Å². The average Bonchev–Trinajstić information content (AvgIpc) is 2.78. The molecule has 4 rings (SSSR count). The minimum atomic E-state index is -3.76. The van der Waals surface area contributed by atoms with Gasteiger partial charge in [0.2, 0.25) is 10.0 Å². The summed E-state index contributed by atoms with van der Waals surface area (Å²) in [6.45, 7) is 3.01. The Balaban J connectivity index is 1.37. The molecule has 1 saturated heterocycles. The molecular weight excluding hydrogens is 420 g/mol. The van der Waals surface area contributed by atoms with Crippen LogP contribution in [0, 0.1) is 0 Å². The number of anilines is 1. The highest BCUT2D eigenvalue weighted by molar-refractivity contribution is 7.89. The molecule has 0 radical (unpaired) electrons. The van der Waals surface area contributed by atoms with Gasteiger partial charge in [-0.1, -0.05) is 30.3 Å². The molecule has 1 atom stereocenters. The maximum Gasteiger partial charge on any atom is 0.317 e. The lowest BCUT2D eigenvalue weighted by molar-refractivity contribution is -0.122. The Hall–Kier alpha value is -3.11. The molecule has 31 heavy (non-hydrogen) atoms. The number of amides is 3. The summed E-state index contributed by atoms with van der Waals surface area (Å²) in [7, 11) is -3.76. The third-order valence-corrected chi connectivity index (χ3v) is 7.23. The molecule has 2 aromatic rings. The first-order valence-electron chi connectivity index (χ1n) is 10.0. The smallest absolute Gasteiger partial charge is 0.317 e. The molecular formula is C21H24N4O5S. The second-order valence-corrected chi connectivity index (χ2v) is 9.38. The summed E-state index contributed by atoms with van der Waals surface area (Å²) in [5.41, 5.74) is 1.33. The lowest BCUT2D eigenvalue weighted by atomic mass is 10.2. The molecule has 0 saturated carbocycles. The zero-order valence-electron chi connectivity index (χ0n) is 17.1. The van der Waals surface area contributed by atoms with E-state index in [1.807, 2.05) is 30.3 Å². The highest BCUT2D eigenvalue weighted by Gasteiger charge is 2.32. The Labute approximate surface area is 181 Å². The molecule has 1 fully saturated rings. The number of benzene rings is 2. The largest absolute Gasteiger partial charge is 0.479 e. The molecule has 9 nitrogen and oxygen atoms in total. The van der Waals surface area contributed by atoms with Gasteiger partial charge >= 0.3 is 6.03 Å². The number of hydrogen-bond acceptors (Lipinski definition) is 5. The van der Waals surface area contributed by atoms with Gasteiger partial charge in [-0.15, -0.1) is 0 Å². The van der Waals surface area contributed by atoms with Gasteiger partial charge in [0.05, 0.1) is 10.6 Å². The number of piperazine rings is 1. The fourth-order valence-electron chi connectivity index (χ4n) is 3.51. The topological polar surface area (TPSA) is 108 Å². The molecule has 2 heterocycles. The lowest BCUT2D eigenvalue weighted by Gasteiger charge is -2.34. The van der Waals surface area contributed by atoms with E-state index in [9.17, 15) is 18.0 Å². The van der Waals surface area contributed by atoms with Crippen molar-refractivity contribution in [1.29, 1.82) is 0 Å². The van der Waals surface area contributed by atoms with Gasteiger partial charge in [-0.05, 0) is 30.7 Å². The van der Waals surface area contributed by atoms with Crippen LogP contribution in [0.2, 0.25) is 0 Å². The van der Waals surface area contributed by atoms with E-state index < -0.39 is 16.1 Å². The second-order valence-electron chi connectivity index (χ2n) is 7.44. The van der Waals surface area contributed by atoms with Crippen molar-refractivity contribution in [3.63, 3.8) is 0 Å². The number of hydrogen-bond donors (Lipinski definition) is 2. The Morgan fingerprint density at radius 3 is 2.55 bits per heavy atom. The highest BCUT2D eigenvalue weighted by atomic mass is 32.2. The van der Waals surface area contributed by atoms with Crippen molar-refractivity contribution in [2.75, 3.05) is 31.5 Å². The van der Waals surface area contributed by atoms with E-state index in [0.29, 0.717) is 31.1 Å². The molecule has 0 unspecified atom stereocenters. The summed E-state index contributed by atoms with van der Waals surface area (Å²) in [5.74, 6) is 0.114. The minimum Gasteiger partial charge on any atom is -0.479 e. The zero-order chi connectivity index (χ0) is 22.0. The lowest BCUT2D eigenvalue weighted by Crippen LogP contribution is -2.52. The number of rotatable bonds is 4. The van der Waals surface area contributed by atoms with Gasteiger partial charge in [0.1, 0.15) is 5.75 Å². The SMILES string of the molecule is C[C@H]1Oc2ccc(S(=O)(=O)N3CCN(C(=O)NCc4ccccc4)CC3)cc2NC1=O. The second kappa shape index (κ2) is 8.56. The monoisotopic (exact) mass is 444 g/mol. The van der Waals surface area contributed by atoms with Crippen LogP contribution in [0.5, 0.6) is 5.75 Å². The Kier molecular flexibility index (Phi) is 5.84. The summed E-state index contributed by atoms with van der Waals surface area (Å²) in [6, 6.07) is 13.8. The van der Waals surface area contributed by atoms with E-state index in [1.54, 1.807) is 17.9 Å². The molecule has 2 aromatic carbocycles. The predicted molar refractivity (Wildman–Crippen MR) is 114 cm³/mol. The molecule has 0 aromatic heterocycles. The molecule has 2 aliphatic heterocycles. The summed E-state index contributed by atoms with van der Waals surface area (Å²) in [4.78, 5) is 25.9. The van der Waals surface area contributed by atoms with E-state index in [-0.39, 0.29) is 29.9 Å². The van der Waals surface area contributed by atoms with Gasteiger partial charge in [-0.3, -0.25) is 4.79 Å². The highest BCUT2D eigenvalue weighted by Crippen LogP contribution is 2.32. The summed E-state index contributed by atoms with van der Waals surface area (Å²) in [6.07, 6.45) is -0.629. The van der Waals surface area contributed by atoms with Crippen LogP contribution in [0.4, 0.5) is 10.5 Å². The van der Waals surface area contributed by atoms with Gasteiger partial charge in [-0.2, -0.15) is 4.31 Å². The number of sulfonamides is 1. The molecule has 2 aliphatic rings. The van der Waals surface area contributed by atoms with Crippen molar-refractivity contribution in [1.82, 2.24) is 14.5 Å². The van der Waals surface area contributed by atoms with Gasteiger partial charge < -0.3 is 20.3 Å². The molecule has 0 bridgehead atoms. The number of fused-ring (bicyclic) bond motifs is 1. The fraction of sp³-hybridized carbons (Fsp3) is 0.333. The van der Waals surface area contributed by atoms with Crippen LogP contribution in [0.25, 0.3) is 0 Å². The van der Waals surface area contributed by atoms with E-state index in [1.165, 1.54) is 16.4 Å². The first kappa shape index (κ1) is 21.1. The maximum absolute atomic E-state index is 13.1. The minimum absolute atomic E-state index is 0.0756. The van der Waals surface area contributed by atoms with E-state index in [4.69, 9.17) is 4.74 Å². The fourth-order valence-corrected chi connectivity index (χ4v) is 4.96. The number of nitrogens with zero attached hydrogens (tertiary/aromatic N) is 2. The molecule has 3 amide bonds. The Morgan fingerprint density at radius 1 is 1.13 bits per heavy atom. The third-order valence-electron chi connectivity index (χ3n) is 5.33. The molecule has 10 heteroatoms. The number of carbonyl (C=O) groups excluding carboxylic acids is 2. The normalized spacial score (nSPS) is 19.2. The van der Waals surface area contributed by atoms with Crippen LogP contribution >= 0.6 is 0 Å². The quantitative estimate of drug-likeness (QED) is 0.745. The van der Waals surface area contributed by atoms with Crippen molar-refractivity contribution in [2.45, 2.75) is 24.5 Å². The number of nitrogens with one attached hydrogen (secondary N) is 2. The summed E-state index contributed by atoms with van der Waals surface area (Å²) in [5, 5.41) is 5.53. The van der Waals surface area contributed by atoms with Crippen LogP contribution in [0.1, 0.15) is 12.5 Å². The van der Waals surface area contributed by atoms with Gasteiger partial charge in [0.25, 0.3) is 5.91 Å². The van der Waals surface area contributed by atoms with Crippen LogP contribution in [0.3, 0.4) is 0 Å². The Bertz CT molecular complexity index is 1080. The standard InChI is InChI=1S/C21H24N4O5S/c1-15-20(26)23-18-13-17(7-8-19(18)30-15)31(28,29)25-11-9-24(10-12-25)21(27)22-14-16-5-3-2-4-6-16/h2-8,13,15H,9-12,14H2,1H3,(H,22,27)(H,23,26)/t15-/m1/s1. The molecule has 2 N–H and O–H groups in total. The molecule has 0 aliphatic carbocycles. The first-order chi connectivity index (χ1) is 14.8. The summed E-state index contributed by atoms with van der Waals surface area (Å²) >= 11 is 0. The van der Waals surface area contributed by atoms with Crippen LogP contribution in [-0.4, -0.2) is 61.8 Å². The van der Waals surface area contributed by atoms with Crippen molar-refractivity contribution in [2.24, 2.45) is 0 Å². The third kappa shape index (κ3) is 4.49. The van der Waals surface area contributed by atoms with Crippen LogP contribution in [0.15, 0.2) is 53.4 Å². The van der Waals surface area contributed by atoms with Gasteiger partial charge in [0.15, 0.2) is 6.10 Å². The number of ether oxygens (including phenoxy) is 1. The van der Waals surface area contributed by atoms with Crippen molar-refractivity contribution in [3.8, 4) is 5.75 Å². The average molecular weight is 445 g/mol. The van der Waals surface area contributed by atoms with E-state index in [0.717, 1.165) is 5.56 Å². The summed E-state index contributed by atoms with van der Waals surface area (Å²) < 4.78 is 33.0. The zero-order valence-corrected chi connectivity index (χ0v) is 17.9. The number of urea groups is 1. The van der Waals surface area contributed by atoms with E-state index in [2.05, 4.69) is 10.6 Å². The van der Waals surface area contributed by atoms with Crippen LogP contribution < -0.4 is 15.4 Å². The number of carbonyl (C=O) groups is 2. The predicted octanol–water partition coefficient (Wildman–Crippen LogP) is 1.62. The first-order valence-corrected chi connectivity index (χ1v) is 11.5.